The highest BCUT2D eigenvalue weighted by molar-refractivity contribution is 7.99. The maximum Gasteiger partial charge on any atom is 0.330 e. The molecule has 3 rings (SSSR count). The molecule has 0 spiro atoms. The number of aliphatic carboxylic acids is 1. The number of aromatic nitrogens is 2. The number of thioether (sulfide) groups is 1. The molecule has 1 aliphatic rings. The van der Waals surface area contributed by atoms with Crippen LogP contribution < -0.4 is 10.9 Å². The Morgan fingerprint density at radius 3 is 2.62 bits per heavy atom. The minimum Gasteiger partial charge on any atom is -0.479 e. The fraction of sp³-hybridized carbons (Fsp3) is 0.444. The van der Waals surface area contributed by atoms with Crippen LogP contribution in [0.3, 0.4) is 0 Å². The number of rotatable bonds is 5. The number of nitrogens with zero attached hydrogens (tertiary/aromatic N) is 2. The summed E-state index contributed by atoms with van der Waals surface area (Å²) in [6.45, 7) is 4.29. The largest absolute Gasteiger partial charge is 0.479 e. The van der Waals surface area contributed by atoms with Crippen LogP contribution in [0.25, 0.3) is 10.8 Å². The van der Waals surface area contributed by atoms with Crippen LogP contribution in [0.2, 0.25) is 0 Å². The van der Waals surface area contributed by atoms with Crippen molar-refractivity contribution in [2.75, 3.05) is 11.5 Å². The molecule has 0 bridgehead atoms. The molecule has 1 aliphatic heterocycles. The first-order valence-corrected chi connectivity index (χ1v) is 9.63. The zero-order chi connectivity index (χ0) is 18.9. The summed E-state index contributed by atoms with van der Waals surface area (Å²) in [6.07, 6.45) is 0.363. The van der Waals surface area contributed by atoms with Gasteiger partial charge in [-0.15, -0.1) is 0 Å². The Labute approximate surface area is 154 Å². The monoisotopic (exact) mass is 375 g/mol. The van der Waals surface area contributed by atoms with Crippen molar-refractivity contribution in [2.45, 2.75) is 32.4 Å². The van der Waals surface area contributed by atoms with Crippen LogP contribution >= 0.6 is 11.8 Å². The van der Waals surface area contributed by atoms with E-state index in [0.717, 1.165) is 0 Å². The van der Waals surface area contributed by atoms with Gasteiger partial charge in [-0.05, 0) is 24.2 Å². The summed E-state index contributed by atoms with van der Waals surface area (Å²) < 4.78 is 1.29. The number of hydrogen-bond donors (Lipinski definition) is 2. The number of amides is 1. The van der Waals surface area contributed by atoms with Gasteiger partial charge in [-0.25, -0.2) is 9.48 Å². The van der Waals surface area contributed by atoms with Crippen LogP contribution in [0.1, 0.15) is 30.8 Å². The first kappa shape index (κ1) is 18.4. The average molecular weight is 375 g/mol. The van der Waals surface area contributed by atoms with Gasteiger partial charge in [0.05, 0.1) is 5.39 Å². The van der Waals surface area contributed by atoms with Crippen molar-refractivity contribution in [3.63, 3.8) is 0 Å². The highest BCUT2D eigenvalue weighted by atomic mass is 32.2. The molecule has 1 aromatic heterocycles. The van der Waals surface area contributed by atoms with Gasteiger partial charge in [0.15, 0.2) is 5.69 Å². The molecular weight excluding hydrogens is 354 g/mol. The number of carboxylic acids is 1. The van der Waals surface area contributed by atoms with Crippen molar-refractivity contribution in [1.82, 2.24) is 15.1 Å². The summed E-state index contributed by atoms with van der Waals surface area (Å²) in [6, 6.07) is 6.78. The smallest absolute Gasteiger partial charge is 0.330 e. The van der Waals surface area contributed by atoms with Crippen molar-refractivity contribution in [1.29, 1.82) is 0 Å². The van der Waals surface area contributed by atoms with Gasteiger partial charge in [-0.1, -0.05) is 32.0 Å². The number of carboxylic acid groups (broad SMARTS) is 1. The predicted octanol–water partition coefficient (Wildman–Crippen LogP) is 1.74. The summed E-state index contributed by atoms with van der Waals surface area (Å²) >= 11 is 1.49. The molecule has 0 saturated carbocycles. The van der Waals surface area contributed by atoms with Crippen LogP contribution in [-0.2, 0) is 11.3 Å². The Balaban J connectivity index is 2.08. The number of benzene rings is 1. The van der Waals surface area contributed by atoms with Gasteiger partial charge < -0.3 is 10.4 Å². The molecule has 26 heavy (non-hydrogen) atoms. The highest BCUT2D eigenvalue weighted by Gasteiger charge is 2.43. The van der Waals surface area contributed by atoms with Gasteiger partial charge in [0, 0.05) is 17.7 Å². The van der Waals surface area contributed by atoms with Crippen molar-refractivity contribution < 1.29 is 14.7 Å². The van der Waals surface area contributed by atoms with Gasteiger partial charge in [0.1, 0.15) is 5.54 Å². The second-order valence-corrected chi connectivity index (χ2v) is 8.02. The topological polar surface area (TPSA) is 101 Å². The average Bonchev–Trinajstić information content (AvgIpc) is 3.07. The van der Waals surface area contributed by atoms with E-state index >= 15 is 0 Å². The number of carbonyl (C=O) groups is 2. The Morgan fingerprint density at radius 2 is 2.04 bits per heavy atom. The number of nitrogens with one attached hydrogen (secondary N) is 1. The van der Waals surface area contributed by atoms with E-state index in [1.54, 1.807) is 24.3 Å². The second-order valence-electron chi connectivity index (χ2n) is 6.92. The number of fused-ring (bicyclic) bond motifs is 1. The Morgan fingerprint density at radius 1 is 1.35 bits per heavy atom. The van der Waals surface area contributed by atoms with E-state index in [-0.39, 0.29) is 17.2 Å². The zero-order valence-electron chi connectivity index (χ0n) is 14.7. The highest BCUT2D eigenvalue weighted by Crippen LogP contribution is 2.29. The van der Waals surface area contributed by atoms with Gasteiger partial charge in [0.2, 0.25) is 0 Å². The minimum absolute atomic E-state index is 0.0818. The third-order valence-corrected chi connectivity index (χ3v) is 5.59. The molecule has 1 unspecified atom stereocenters. The molecular formula is C18H21N3O4S. The standard InChI is InChI=1S/C18H21N3O4S/c1-11(2)9-21-16(23)13-6-4-3-5-12(13)14(20-21)15(22)19-18(17(24)25)7-8-26-10-18/h3-6,11H,7-10H2,1-2H3,(H,19,22)(H,24,25). The molecule has 1 fully saturated rings. The SMILES string of the molecule is CC(C)Cn1nc(C(=O)NC2(C(=O)O)CCSC2)c2ccccc2c1=O. The third-order valence-electron chi connectivity index (χ3n) is 4.40. The van der Waals surface area contributed by atoms with E-state index in [2.05, 4.69) is 10.4 Å². The zero-order valence-corrected chi connectivity index (χ0v) is 15.5. The minimum atomic E-state index is -1.29. The molecule has 2 aromatic rings. The molecule has 138 valence electrons. The lowest BCUT2D eigenvalue weighted by Crippen LogP contribution is -2.55. The first-order chi connectivity index (χ1) is 12.3. The quantitative estimate of drug-likeness (QED) is 0.825. The maximum atomic E-state index is 12.9. The second kappa shape index (κ2) is 7.11. The van der Waals surface area contributed by atoms with Crippen LogP contribution in [0.15, 0.2) is 29.1 Å². The number of hydrogen-bond acceptors (Lipinski definition) is 5. The third kappa shape index (κ3) is 3.33. The normalized spacial score (nSPS) is 19.8. The van der Waals surface area contributed by atoms with Gasteiger partial charge in [0.25, 0.3) is 11.5 Å². The van der Waals surface area contributed by atoms with Crippen LogP contribution in [0, 0.1) is 5.92 Å². The van der Waals surface area contributed by atoms with Crippen molar-refractivity contribution in [2.24, 2.45) is 5.92 Å². The summed E-state index contributed by atoms with van der Waals surface area (Å²) in [5.41, 5.74) is -1.46. The summed E-state index contributed by atoms with van der Waals surface area (Å²) in [4.78, 5) is 37.3. The van der Waals surface area contributed by atoms with E-state index in [1.165, 1.54) is 16.4 Å². The summed E-state index contributed by atoms with van der Waals surface area (Å²) in [5.74, 6) is -0.446. The molecule has 0 aliphatic carbocycles. The molecule has 1 aromatic carbocycles. The Hall–Kier alpha value is -2.35. The number of carbonyl (C=O) groups excluding carboxylic acids is 1. The van der Waals surface area contributed by atoms with Crippen LogP contribution in [0.5, 0.6) is 0 Å². The van der Waals surface area contributed by atoms with Crippen LogP contribution in [-0.4, -0.2) is 43.8 Å². The van der Waals surface area contributed by atoms with E-state index < -0.39 is 17.4 Å². The van der Waals surface area contributed by atoms with Gasteiger partial charge in [-0.2, -0.15) is 16.9 Å². The van der Waals surface area contributed by atoms with E-state index in [9.17, 15) is 19.5 Å². The predicted molar refractivity (Wildman–Crippen MR) is 101 cm³/mol. The maximum absolute atomic E-state index is 12.9. The first-order valence-electron chi connectivity index (χ1n) is 8.47. The van der Waals surface area contributed by atoms with Crippen LogP contribution in [0.4, 0.5) is 0 Å². The van der Waals surface area contributed by atoms with Crippen molar-refractivity contribution in [3.05, 3.63) is 40.3 Å². The Kier molecular flexibility index (Phi) is 5.04. The summed E-state index contributed by atoms with van der Waals surface area (Å²) in [7, 11) is 0. The Bertz CT molecular complexity index is 916. The summed E-state index contributed by atoms with van der Waals surface area (Å²) in [5, 5.41) is 17.3. The van der Waals surface area contributed by atoms with E-state index in [1.807, 2.05) is 13.8 Å². The molecule has 1 atom stereocenters. The molecule has 0 radical (unpaired) electrons. The lowest BCUT2D eigenvalue weighted by atomic mass is 9.98. The molecule has 1 amide bonds. The van der Waals surface area contributed by atoms with Gasteiger partial charge in [-0.3, -0.25) is 9.59 Å². The van der Waals surface area contributed by atoms with E-state index in [0.29, 0.717) is 35.2 Å². The fourth-order valence-corrected chi connectivity index (χ4v) is 4.36. The van der Waals surface area contributed by atoms with Crippen molar-refractivity contribution >= 4 is 34.4 Å². The molecule has 2 N–H and O–H groups in total. The molecule has 7 nitrogen and oxygen atoms in total. The lowest BCUT2D eigenvalue weighted by Gasteiger charge is -2.24. The fourth-order valence-electron chi connectivity index (χ4n) is 3.03. The van der Waals surface area contributed by atoms with Gasteiger partial charge >= 0.3 is 5.97 Å². The van der Waals surface area contributed by atoms with Crippen molar-refractivity contribution in [3.8, 4) is 0 Å². The molecule has 1 saturated heterocycles. The van der Waals surface area contributed by atoms with E-state index in [4.69, 9.17) is 0 Å². The molecule has 2 heterocycles. The lowest BCUT2D eigenvalue weighted by molar-refractivity contribution is -0.143. The molecule has 8 heteroatoms.